The maximum absolute atomic E-state index is 11.9. The van der Waals surface area contributed by atoms with Gasteiger partial charge in [0.1, 0.15) is 5.78 Å². The minimum Gasteiger partial charge on any atom is -0.299 e. The molecule has 4 atom stereocenters. The second-order valence-electron chi connectivity index (χ2n) is 5.12. The molecule has 1 fully saturated rings. The summed E-state index contributed by atoms with van der Waals surface area (Å²) >= 11 is 0. The summed E-state index contributed by atoms with van der Waals surface area (Å²) < 4.78 is 0. The Labute approximate surface area is 86.6 Å². The van der Waals surface area contributed by atoms with Crippen LogP contribution in [0.25, 0.3) is 0 Å². The number of Topliss-reactive ketones (excluding diaryl/α,β-unsaturated/α-hetero) is 1. The number of ketones is 1. The van der Waals surface area contributed by atoms with E-state index in [1.54, 1.807) is 0 Å². The molecule has 2 aliphatic carbocycles. The third-order valence-corrected chi connectivity index (χ3v) is 4.01. The first-order valence-electron chi connectivity index (χ1n) is 5.86. The van der Waals surface area contributed by atoms with Crippen molar-refractivity contribution in [2.45, 2.75) is 33.6 Å². The van der Waals surface area contributed by atoms with Gasteiger partial charge in [0.25, 0.3) is 0 Å². The van der Waals surface area contributed by atoms with E-state index in [4.69, 9.17) is 0 Å². The van der Waals surface area contributed by atoms with Crippen LogP contribution in [0.1, 0.15) is 33.6 Å². The molecule has 0 aromatic heterocycles. The standard InChI is InChI=1S/C13H20O/c1-4-11(14)13-10-6-5-9(7-10)12(13)8(2)3/h5-6,8-10,12-13H,4,7H2,1-3H3/t9-,10-,12-,13-/m0/s1. The molecule has 14 heavy (non-hydrogen) atoms. The number of allylic oxidation sites excluding steroid dienone is 2. The number of fused-ring (bicyclic) bond motifs is 2. The van der Waals surface area contributed by atoms with Crippen LogP contribution in [-0.4, -0.2) is 5.78 Å². The Kier molecular flexibility index (Phi) is 2.50. The van der Waals surface area contributed by atoms with E-state index in [-0.39, 0.29) is 0 Å². The van der Waals surface area contributed by atoms with Crippen molar-refractivity contribution in [2.75, 3.05) is 0 Å². The number of carbonyl (C=O) groups excluding carboxylic acids is 1. The lowest BCUT2D eigenvalue weighted by atomic mass is 9.74. The van der Waals surface area contributed by atoms with Gasteiger partial charge in [0, 0.05) is 12.3 Å². The fourth-order valence-electron chi connectivity index (χ4n) is 3.46. The van der Waals surface area contributed by atoms with E-state index in [0.29, 0.717) is 41.8 Å². The largest absolute Gasteiger partial charge is 0.299 e. The van der Waals surface area contributed by atoms with E-state index in [0.717, 1.165) is 0 Å². The molecule has 0 N–H and O–H groups in total. The molecule has 78 valence electrons. The summed E-state index contributed by atoms with van der Waals surface area (Å²) in [5.41, 5.74) is 0. The van der Waals surface area contributed by atoms with Gasteiger partial charge in [-0.1, -0.05) is 32.9 Å². The molecule has 0 aliphatic heterocycles. The molecule has 0 aromatic rings. The molecule has 2 rings (SSSR count). The maximum atomic E-state index is 11.9. The van der Waals surface area contributed by atoms with Crippen LogP contribution in [0.15, 0.2) is 12.2 Å². The smallest absolute Gasteiger partial charge is 0.136 e. The molecule has 2 bridgehead atoms. The van der Waals surface area contributed by atoms with Gasteiger partial charge in [0.15, 0.2) is 0 Å². The van der Waals surface area contributed by atoms with Gasteiger partial charge in [0.2, 0.25) is 0 Å². The van der Waals surface area contributed by atoms with Gasteiger partial charge < -0.3 is 0 Å². The normalized spacial score (nSPS) is 39.7. The minimum atomic E-state index is 0.343. The van der Waals surface area contributed by atoms with Crippen LogP contribution in [-0.2, 0) is 4.79 Å². The van der Waals surface area contributed by atoms with Crippen molar-refractivity contribution >= 4 is 5.78 Å². The van der Waals surface area contributed by atoms with Crippen LogP contribution in [0.5, 0.6) is 0 Å². The average Bonchev–Trinajstić information content (AvgIpc) is 2.74. The second-order valence-corrected chi connectivity index (χ2v) is 5.12. The van der Waals surface area contributed by atoms with Crippen LogP contribution in [0.2, 0.25) is 0 Å². The fraction of sp³-hybridized carbons (Fsp3) is 0.769. The Hall–Kier alpha value is -0.590. The molecule has 0 saturated heterocycles. The lowest BCUT2D eigenvalue weighted by Gasteiger charge is -2.29. The molecule has 0 spiro atoms. The van der Waals surface area contributed by atoms with Crippen molar-refractivity contribution in [2.24, 2.45) is 29.6 Å². The highest BCUT2D eigenvalue weighted by Crippen LogP contribution is 2.51. The summed E-state index contributed by atoms with van der Waals surface area (Å²) in [6.07, 6.45) is 6.57. The van der Waals surface area contributed by atoms with Crippen molar-refractivity contribution in [3.8, 4) is 0 Å². The number of hydrogen-bond acceptors (Lipinski definition) is 1. The molecule has 0 amide bonds. The van der Waals surface area contributed by atoms with Crippen molar-refractivity contribution in [3.05, 3.63) is 12.2 Å². The monoisotopic (exact) mass is 192 g/mol. The predicted molar refractivity (Wildman–Crippen MR) is 57.9 cm³/mol. The fourth-order valence-corrected chi connectivity index (χ4v) is 3.46. The maximum Gasteiger partial charge on any atom is 0.136 e. The Bertz CT molecular complexity index is 264. The molecule has 0 unspecified atom stereocenters. The highest BCUT2D eigenvalue weighted by molar-refractivity contribution is 5.82. The lowest BCUT2D eigenvalue weighted by molar-refractivity contribution is -0.125. The van der Waals surface area contributed by atoms with E-state index in [2.05, 4.69) is 26.0 Å². The SMILES string of the molecule is CCC(=O)[C@H]1[C@@H](C(C)C)[C@H]2C=C[C@H]1C2. The first-order chi connectivity index (χ1) is 6.65. The third-order valence-electron chi connectivity index (χ3n) is 4.01. The van der Waals surface area contributed by atoms with Crippen LogP contribution < -0.4 is 0 Å². The average molecular weight is 192 g/mol. The summed E-state index contributed by atoms with van der Waals surface area (Å²) in [4.78, 5) is 11.9. The van der Waals surface area contributed by atoms with E-state index < -0.39 is 0 Å². The van der Waals surface area contributed by atoms with Crippen LogP contribution in [0, 0.1) is 29.6 Å². The van der Waals surface area contributed by atoms with Gasteiger partial charge in [0.05, 0.1) is 0 Å². The van der Waals surface area contributed by atoms with Crippen molar-refractivity contribution in [1.82, 2.24) is 0 Å². The summed E-state index contributed by atoms with van der Waals surface area (Å²) in [7, 11) is 0. The van der Waals surface area contributed by atoms with Crippen LogP contribution in [0.4, 0.5) is 0 Å². The van der Waals surface area contributed by atoms with Crippen molar-refractivity contribution in [1.29, 1.82) is 0 Å². The van der Waals surface area contributed by atoms with Gasteiger partial charge in [-0.15, -0.1) is 0 Å². The molecule has 1 heteroatoms. The number of carbonyl (C=O) groups is 1. The molecule has 1 saturated carbocycles. The van der Waals surface area contributed by atoms with E-state index in [1.807, 2.05) is 6.92 Å². The minimum absolute atomic E-state index is 0.343. The zero-order chi connectivity index (χ0) is 10.3. The summed E-state index contributed by atoms with van der Waals surface area (Å²) in [5, 5.41) is 0. The molecular formula is C13H20O. The summed E-state index contributed by atoms with van der Waals surface area (Å²) in [6, 6.07) is 0. The third kappa shape index (κ3) is 1.34. The van der Waals surface area contributed by atoms with Crippen molar-refractivity contribution < 1.29 is 4.79 Å². The van der Waals surface area contributed by atoms with E-state index in [1.165, 1.54) is 6.42 Å². The summed E-state index contributed by atoms with van der Waals surface area (Å²) in [6.45, 7) is 6.51. The Morgan fingerprint density at radius 1 is 1.36 bits per heavy atom. The molecule has 1 nitrogen and oxygen atoms in total. The number of hydrogen-bond donors (Lipinski definition) is 0. The lowest BCUT2D eigenvalue weighted by Crippen LogP contribution is -2.30. The Morgan fingerprint density at radius 3 is 2.57 bits per heavy atom. The van der Waals surface area contributed by atoms with Gasteiger partial charge in [-0.3, -0.25) is 4.79 Å². The van der Waals surface area contributed by atoms with Gasteiger partial charge in [-0.25, -0.2) is 0 Å². The molecular weight excluding hydrogens is 172 g/mol. The quantitative estimate of drug-likeness (QED) is 0.628. The highest BCUT2D eigenvalue weighted by Gasteiger charge is 2.47. The Balaban J connectivity index is 2.22. The van der Waals surface area contributed by atoms with E-state index in [9.17, 15) is 4.79 Å². The van der Waals surface area contributed by atoms with Crippen molar-refractivity contribution in [3.63, 3.8) is 0 Å². The first kappa shape index (κ1) is 9.95. The second kappa shape index (κ2) is 3.52. The molecule has 0 aromatic carbocycles. The van der Waals surface area contributed by atoms with Crippen LogP contribution >= 0.6 is 0 Å². The Morgan fingerprint density at radius 2 is 2.00 bits per heavy atom. The van der Waals surface area contributed by atoms with Gasteiger partial charge in [-0.05, 0) is 30.1 Å². The molecule has 0 radical (unpaired) electrons. The predicted octanol–water partition coefficient (Wildman–Crippen LogP) is 3.06. The zero-order valence-corrected chi connectivity index (χ0v) is 9.36. The first-order valence-corrected chi connectivity index (χ1v) is 5.86. The van der Waals surface area contributed by atoms with E-state index >= 15 is 0 Å². The van der Waals surface area contributed by atoms with Gasteiger partial charge >= 0.3 is 0 Å². The molecule has 0 heterocycles. The van der Waals surface area contributed by atoms with Gasteiger partial charge in [-0.2, -0.15) is 0 Å². The topological polar surface area (TPSA) is 17.1 Å². The highest BCUT2D eigenvalue weighted by atomic mass is 16.1. The van der Waals surface area contributed by atoms with Crippen LogP contribution in [0.3, 0.4) is 0 Å². The zero-order valence-electron chi connectivity index (χ0n) is 9.36. The number of rotatable bonds is 3. The summed E-state index contributed by atoms with van der Waals surface area (Å²) in [5.74, 6) is 3.36. The molecule has 2 aliphatic rings.